The molecule has 0 bridgehead atoms. The number of halogens is 1. The molecule has 3 rings (SSSR count). The molecule has 1 fully saturated rings. The molecule has 0 spiro atoms. The van der Waals surface area contributed by atoms with Crippen LogP contribution >= 0.6 is 11.6 Å². The third-order valence-corrected chi connectivity index (χ3v) is 6.18. The second kappa shape index (κ2) is 8.18. The summed E-state index contributed by atoms with van der Waals surface area (Å²) < 4.78 is 32.0. The molecule has 138 valence electrons. The van der Waals surface area contributed by atoms with Crippen LogP contribution in [-0.4, -0.2) is 44.9 Å². The van der Waals surface area contributed by atoms with E-state index < -0.39 is 10.0 Å². The van der Waals surface area contributed by atoms with Gasteiger partial charge in [-0.05, 0) is 35.9 Å². The molecule has 1 saturated heterocycles. The zero-order valence-electron chi connectivity index (χ0n) is 14.0. The first-order chi connectivity index (χ1) is 12.5. The molecular weight excluding hydrogens is 376 g/mol. The summed E-state index contributed by atoms with van der Waals surface area (Å²) in [5.74, 6) is -0.344. The van der Waals surface area contributed by atoms with Crippen LogP contribution in [0.1, 0.15) is 15.9 Å². The Labute approximate surface area is 157 Å². The lowest BCUT2D eigenvalue weighted by molar-refractivity contribution is 0.0730. The van der Waals surface area contributed by atoms with E-state index in [1.165, 1.54) is 16.4 Å². The molecule has 2 aromatic carbocycles. The van der Waals surface area contributed by atoms with Gasteiger partial charge in [0, 0.05) is 30.2 Å². The van der Waals surface area contributed by atoms with E-state index in [2.05, 4.69) is 5.32 Å². The van der Waals surface area contributed by atoms with Crippen LogP contribution in [0.3, 0.4) is 0 Å². The monoisotopic (exact) mass is 394 g/mol. The Bertz CT molecular complexity index is 896. The van der Waals surface area contributed by atoms with Gasteiger partial charge >= 0.3 is 0 Å². The largest absolute Gasteiger partial charge is 0.379 e. The van der Waals surface area contributed by atoms with Gasteiger partial charge in [-0.25, -0.2) is 8.42 Å². The van der Waals surface area contributed by atoms with E-state index in [4.69, 9.17) is 16.3 Å². The third kappa shape index (κ3) is 4.42. The number of ether oxygens (including phenoxy) is 1. The van der Waals surface area contributed by atoms with Crippen LogP contribution in [0.2, 0.25) is 5.02 Å². The molecule has 0 unspecified atom stereocenters. The molecule has 0 aromatic heterocycles. The topological polar surface area (TPSA) is 75.7 Å². The fourth-order valence-corrected chi connectivity index (χ4v) is 4.33. The summed E-state index contributed by atoms with van der Waals surface area (Å²) in [5.41, 5.74) is 1.16. The summed E-state index contributed by atoms with van der Waals surface area (Å²) in [6, 6.07) is 13.2. The summed E-state index contributed by atoms with van der Waals surface area (Å²) in [5, 5.41) is 3.37. The molecule has 0 aliphatic carbocycles. The second-order valence-corrected chi connectivity index (χ2v) is 8.23. The summed E-state index contributed by atoms with van der Waals surface area (Å²) in [4.78, 5) is 12.5. The lowest BCUT2D eigenvalue weighted by atomic mass is 10.2. The number of carbonyl (C=O) groups is 1. The number of morpholine rings is 1. The number of nitrogens with one attached hydrogen (secondary N) is 1. The average molecular weight is 395 g/mol. The lowest BCUT2D eigenvalue weighted by Crippen LogP contribution is -2.40. The zero-order chi connectivity index (χ0) is 18.6. The second-order valence-electron chi connectivity index (χ2n) is 5.86. The number of amides is 1. The summed E-state index contributed by atoms with van der Waals surface area (Å²) >= 11 is 5.93. The van der Waals surface area contributed by atoms with Crippen molar-refractivity contribution < 1.29 is 17.9 Å². The number of hydrogen-bond donors (Lipinski definition) is 1. The van der Waals surface area contributed by atoms with E-state index in [-0.39, 0.29) is 10.8 Å². The van der Waals surface area contributed by atoms with Gasteiger partial charge in [0.1, 0.15) is 0 Å². The number of nitrogens with zero attached hydrogens (tertiary/aromatic N) is 1. The molecule has 0 atom stereocenters. The fraction of sp³-hybridized carbons (Fsp3) is 0.278. The van der Waals surface area contributed by atoms with Crippen molar-refractivity contribution in [2.75, 3.05) is 26.3 Å². The molecule has 1 aliphatic heterocycles. The minimum Gasteiger partial charge on any atom is -0.379 e. The van der Waals surface area contributed by atoms with Gasteiger partial charge in [0.05, 0.1) is 18.1 Å². The molecule has 26 heavy (non-hydrogen) atoms. The first-order valence-electron chi connectivity index (χ1n) is 8.17. The smallest absolute Gasteiger partial charge is 0.251 e. The molecule has 0 radical (unpaired) electrons. The Morgan fingerprint density at radius 2 is 1.85 bits per heavy atom. The Morgan fingerprint density at radius 3 is 2.58 bits per heavy atom. The van der Waals surface area contributed by atoms with Gasteiger partial charge in [0.25, 0.3) is 5.91 Å². The fourth-order valence-electron chi connectivity index (χ4n) is 2.67. The molecule has 1 amide bonds. The van der Waals surface area contributed by atoms with Gasteiger partial charge in [0.15, 0.2) is 0 Å². The molecular formula is C18H19ClN2O4S. The van der Waals surface area contributed by atoms with Gasteiger partial charge in [-0.1, -0.05) is 29.8 Å². The van der Waals surface area contributed by atoms with Crippen LogP contribution in [-0.2, 0) is 21.3 Å². The van der Waals surface area contributed by atoms with Gasteiger partial charge in [-0.3, -0.25) is 4.79 Å². The van der Waals surface area contributed by atoms with Crippen LogP contribution in [0.15, 0.2) is 53.4 Å². The number of benzene rings is 2. The van der Waals surface area contributed by atoms with Crippen molar-refractivity contribution in [3.05, 3.63) is 64.7 Å². The summed E-state index contributed by atoms with van der Waals surface area (Å²) in [7, 11) is -3.63. The Morgan fingerprint density at radius 1 is 1.12 bits per heavy atom. The van der Waals surface area contributed by atoms with Crippen LogP contribution in [0, 0.1) is 0 Å². The van der Waals surface area contributed by atoms with Crippen LogP contribution < -0.4 is 5.32 Å². The normalized spacial score (nSPS) is 15.6. The molecule has 0 saturated carbocycles. The van der Waals surface area contributed by atoms with Crippen LogP contribution in [0.5, 0.6) is 0 Å². The van der Waals surface area contributed by atoms with Crippen molar-refractivity contribution in [2.24, 2.45) is 0 Å². The first kappa shape index (κ1) is 18.8. The van der Waals surface area contributed by atoms with E-state index in [1.807, 2.05) is 6.07 Å². The van der Waals surface area contributed by atoms with Crippen molar-refractivity contribution in [1.82, 2.24) is 9.62 Å². The minimum atomic E-state index is -3.63. The Balaban J connectivity index is 1.73. The number of rotatable bonds is 5. The molecule has 2 aromatic rings. The van der Waals surface area contributed by atoms with E-state index in [9.17, 15) is 13.2 Å². The van der Waals surface area contributed by atoms with E-state index in [1.54, 1.807) is 30.3 Å². The Hall–Kier alpha value is -1.93. The first-order valence-corrected chi connectivity index (χ1v) is 9.99. The third-order valence-electron chi connectivity index (χ3n) is 4.05. The number of carbonyl (C=O) groups excluding carboxylic acids is 1. The van der Waals surface area contributed by atoms with Crippen LogP contribution in [0.4, 0.5) is 0 Å². The van der Waals surface area contributed by atoms with Crippen molar-refractivity contribution in [3.63, 3.8) is 0 Å². The van der Waals surface area contributed by atoms with Gasteiger partial charge in [-0.2, -0.15) is 4.31 Å². The minimum absolute atomic E-state index is 0.106. The Kier molecular flexibility index (Phi) is 5.93. The highest BCUT2D eigenvalue weighted by atomic mass is 35.5. The molecule has 1 heterocycles. The maximum atomic E-state index is 12.7. The van der Waals surface area contributed by atoms with Crippen molar-refractivity contribution in [2.45, 2.75) is 11.4 Å². The highest BCUT2D eigenvalue weighted by Gasteiger charge is 2.26. The van der Waals surface area contributed by atoms with Crippen LogP contribution in [0.25, 0.3) is 0 Å². The standard InChI is InChI=1S/C18H19ClN2O4S/c19-16-5-1-3-14(11-16)13-20-18(22)15-4-2-6-17(12-15)26(23,24)21-7-9-25-10-8-21/h1-6,11-12H,7-10,13H2,(H,20,22). The molecule has 8 heteroatoms. The quantitative estimate of drug-likeness (QED) is 0.844. The van der Waals surface area contributed by atoms with E-state index in [0.29, 0.717) is 43.4 Å². The van der Waals surface area contributed by atoms with Gasteiger partial charge in [-0.15, -0.1) is 0 Å². The molecule has 1 N–H and O–H groups in total. The lowest BCUT2D eigenvalue weighted by Gasteiger charge is -2.26. The van der Waals surface area contributed by atoms with Gasteiger partial charge in [0.2, 0.25) is 10.0 Å². The van der Waals surface area contributed by atoms with Crippen molar-refractivity contribution >= 4 is 27.5 Å². The van der Waals surface area contributed by atoms with Crippen molar-refractivity contribution in [1.29, 1.82) is 0 Å². The highest BCUT2D eigenvalue weighted by Crippen LogP contribution is 2.18. The predicted molar refractivity (Wildman–Crippen MR) is 98.6 cm³/mol. The van der Waals surface area contributed by atoms with E-state index >= 15 is 0 Å². The zero-order valence-corrected chi connectivity index (χ0v) is 15.6. The summed E-state index contributed by atoms with van der Waals surface area (Å²) in [6.45, 7) is 1.68. The number of hydrogen-bond acceptors (Lipinski definition) is 4. The van der Waals surface area contributed by atoms with Crippen molar-refractivity contribution in [3.8, 4) is 0 Å². The SMILES string of the molecule is O=C(NCc1cccc(Cl)c1)c1cccc(S(=O)(=O)N2CCOCC2)c1. The predicted octanol–water partition coefficient (Wildman–Crippen LogP) is 2.29. The highest BCUT2D eigenvalue weighted by molar-refractivity contribution is 7.89. The van der Waals surface area contributed by atoms with E-state index in [0.717, 1.165) is 5.56 Å². The van der Waals surface area contributed by atoms with Gasteiger partial charge < -0.3 is 10.1 Å². The maximum absolute atomic E-state index is 12.7. The average Bonchev–Trinajstić information content (AvgIpc) is 2.67. The maximum Gasteiger partial charge on any atom is 0.251 e. The summed E-state index contributed by atoms with van der Waals surface area (Å²) in [6.07, 6.45) is 0. The molecule has 1 aliphatic rings. The number of sulfonamides is 1. The molecule has 6 nitrogen and oxygen atoms in total.